The summed E-state index contributed by atoms with van der Waals surface area (Å²) >= 11 is 0. The number of nitrogens with zero attached hydrogens (tertiary/aromatic N) is 2. The summed E-state index contributed by atoms with van der Waals surface area (Å²) in [4.78, 5) is 4.75. The first kappa shape index (κ1) is 13.3. The van der Waals surface area contributed by atoms with Gasteiger partial charge in [0.15, 0.2) is 0 Å². The Balaban J connectivity index is 1.74. The summed E-state index contributed by atoms with van der Waals surface area (Å²) < 4.78 is 5.32. The third-order valence-corrected chi connectivity index (χ3v) is 4.13. The topological polar surface area (TPSA) is 35.9 Å². The number of aliphatic hydroxyl groups is 1. The van der Waals surface area contributed by atoms with E-state index in [2.05, 4.69) is 23.6 Å². The fraction of sp³-hybridized carbons (Fsp3) is 1.00. The van der Waals surface area contributed by atoms with Crippen LogP contribution in [0.2, 0.25) is 0 Å². The second-order valence-corrected chi connectivity index (χ2v) is 5.54. The minimum atomic E-state index is -0.226. The van der Waals surface area contributed by atoms with Crippen molar-refractivity contribution in [2.24, 2.45) is 0 Å². The van der Waals surface area contributed by atoms with Crippen molar-refractivity contribution in [3.63, 3.8) is 0 Å². The molecule has 0 radical (unpaired) electrons. The zero-order valence-corrected chi connectivity index (χ0v) is 11.1. The van der Waals surface area contributed by atoms with Gasteiger partial charge in [0.1, 0.15) is 0 Å². The molecule has 0 saturated carbocycles. The smallest absolute Gasteiger partial charge is 0.0794 e. The Morgan fingerprint density at radius 1 is 1.12 bits per heavy atom. The Kier molecular flexibility index (Phi) is 4.79. The number of hydrogen-bond donors (Lipinski definition) is 1. The molecule has 3 atom stereocenters. The summed E-state index contributed by atoms with van der Waals surface area (Å²) in [6, 6.07) is 1.26. The standard InChI is InChI=1S/C13H26N2O2/c1-11-3-4-12(2)15(11)10-13(16)9-14-5-7-17-8-6-14/h11-13,16H,3-10H2,1-2H3. The van der Waals surface area contributed by atoms with E-state index in [1.54, 1.807) is 0 Å². The highest BCUT2D eigenvalue weighted by atomic mass is 16.5. The maximum Gasteiger partial charge on any atom is 0.0794 e. The zero-order valence-electron chi connectivity index (χ0n) is 11.1. The van der Waals surface area contributed by atoms with Crippen LogP contribution < -0.4 is 0 Å². The molecule has 4 nitrogen and oxygen atoms in total. The van der Waals surface area contributed by atoms with Gasteiger partial charge in [-0.3, -0.25) is 9.80 Å². The summed E-state index contributed by atoms with van der Waals surface area (Å²) in [5, 5.41) is 10.2. The van der Waals surface area contributed by atoms with Crippen molar-refractivity contribution in [1.29, 1.82) is 0 Å². The molecule has 2 aliphatic heterocycles. The normalized spacial score (nSPS) is 34.1. The van der Waals surface area contributed by atoms with Crippen LogP contribution in [0.25, 0.3) is 0 Å². The minimum absolute atomic E-state index is 0.226. The molecule has 0 aliphatic carbocycles. The third kappa shape index (κ3) is 3.65. The van der Waals surface area contributed by atoms with Crippen molar-refractivity contribution in [3.05, 3.63) is 0 Å². The fourth-order valence-electron chi connectivity index (χ4n) is 2.99. The predicted octanol–water partition coefficient (Wildman–Crippen LogP) is 0.552. The molecule has 0 aromatic rings. The Morgan fingerprint density at radius 2 is 1.71 bits per heavy atom. The van der Waals surface area contributed by atoms with E-state index in [9.17, 15) is 5.11 Å². The van der Waals surface area contributed by atoms with Crippen LogP contribution in [0.15, 0.2) is 0 Å². The van der Waals surface area contributed by atoms with Crippen LogP contribution in [-0.2, 0) is 4.74 Å². The second kappa shape index (κ2) is 6.14. The van der Waals surface area contributed by atoms with Gasteiger partial charge < -0.3 is 9.84 Å². The molecule has 17 heavy (non-hydrogen) atoms. The van der Waals surface area contributed by atoms with Gasteiger partial charge >= 0.3 is 0 Å². The van der Waals surface area contributed by atoms with Crippen molar-refractivity contribution < 1.29 is 9.84 Å². The van der Waals surface area contributed by atoms with Crippen LogP contribution in [0.5, 0.6) is 0 Å². The van der Waals surface area contributed by atoms with Crippen LogP contribution in [0.3, 0.4) is 0 Å². The molecule has 2 aliphatic rings. The van der Waals surface area contributed by atoms with Crippen LogP contribution >= 0.6 is 0 Å². The van der Waals surface area contributed by atoms with Gasteiger partial charge in [-0.2, -0.15) is 0 Å². The summed E-state index contributed by atoms with van der Waals surface area (Å²) in [7, 11) is 0. The van der Waals surface area contributed by atoms with Crippen molar-refractivity contribution in [3.8, 4) is 0 Å². The zero-order chi connectivity index (χ0) is 12.3. The Hall–Kier alpha value is -0.160. The van der Waals surface area contributed by atoms with Gasteiger partial charge in [0.25, 0.3) is 0 Å². The molecule has 2 fully saturated rings. The van der Waals surface area contributed by atoms with Gasteiger partial charge in [-0.25, -0.2) is 0 Å². The lowest BCUT2D eigenvalue weighted by Crippen LogP contribution is -2.46. The van der Waals surface area contributed by atoms with E-state index < -0.39 is 0 Å². The molecule has 0 aromatic carbocycles. The monoisotopic (exact) mass is 242 g/mol. The van der Waals surface area contributed by atoms with Crippen LogP contribution in [0.4, 0.5) is 0 Å². The van der Waals surface area contributed by atoms with Gasteiger partial charge in [0, 0.05) is 38.3 Å². The first-order valence-electron chi connectivity index (χ1n) is 6.90. The summed E-state index contributed by atoms with van der Waals surface area (Å²) in [6.45, 7) is 9.69. The number of likely N-dealkylation sites (tertiary alicyclic amines) is 1. The highest BCUT2D eigenvalue weighted by Crippen LogP contribution is 2.23. The van der Waals surface area contributed by atoms with E-state index in [0.29, 0.717) is 12.1 Å². The van der Waals surface area contributed by atoms with Gasteiger partial charge in [-0.1, -0.05) is 0 Å². The highest BCUT2D eigenvalue weighted by molar-refractivity contribution is 4.84. The summed E-state index contributed by atoms with van der Waals surface area (Å²) in [5.41, 5.74) is 0. The quantitative estimate of drug-likeness (QED) is 0.781. The van der Waals surface area contributed by atoms with Gasteiger partial charge in [0.05, 0.1) is 19.3 Å². The summed E-state index contributed by atoms with van der Waals surface area (Å²) in [5.74, 6) is 0. The Bertz CT molecular complexity index is 221. The molecule has 0 spiro atoms. The average molecular weight is 242 g/mol. The average Bonchev–Trinajstić information content (AvgIpc) is 2.62. The van der Waals surface area contributed by atoms with Gasteiger partial charge in [-0.05, 0) is 26.7 Å². The molecule has 2 saturated heterocycles. The molecule has 0 bridgehead atoms. The number of β-amino-alcohol motifs (C(OH)–C–C–N with tert-alkyl or cyclic N) is 1. The first-order chi connectivity index (χ1) is 8.16. The van der Waals surface area contributed by atoms with Crippen molar-refractivity contribution in [1.82, 2.24) is 9.80 Å². The van der Waals surface area contributed by atoms with Crippen LogP contribution in [-0.4, -0.2) is 72.5 Å². The van der Waals surface area contributed by atoms with E-state index in [-0.39, 0.29) is 6.10 Å². The molecule has 2 rings (SSSR count). The predicted molar refractivity (Wildman–Crippen MR) is 68.1 cm³/mol. The Labute approximate surface area is 105 Å². The number of ether oxygens (including phenoxy) is 1. The maximum absolute atomic E-state index is 10.2. The van der Waals surface area contributed by atoms with E-state index >= 15 is 0 Å². The van der Waals surface area contributed by atoms with Crippen molar-refractivity contribution in [2.45, 2.75) is 44.9 Å². The lowest BCUT2D eigenvalue weighted by atomic mass is 10.2. The van der Waals surface area contributed by atoms with Crippen LogP contribution in [0, 0.1) is 0 Å². The van der Waals surface area contributed by atoms with E-state index in [0.717, 1.165) is 39.4 Å². The molecule has 2 heterocycles. The lowest BCUT2D eigenvalue weighted by Gasteiger charge is -2.32. The largest absolute Gasteiger partial charge is 0.390 e. The van der Waals surface area contributed by atoms with E-state index in [4.69, 9.17) is 4.74 Å². The van der Waals surface area contributed by atoms with Gasteiger partial charge in [-0.15, -0.1) is 0 Å². The molecule has 4 heteroatoms. The fourth-order valence-corrected chi connectivity index (χ4v) is 2.99. The van der Waals surface area contributed by atoms with Crippen LogP contribution in [0.1, 0.15) is 26.7 Å². The molecule has 100 valence electrons. The number of hydrogen-bond acceptors (Lipinski definition) is 4. The molecule has 0 aromatic heterocycles. The Morgan fingerprint density at radius 3 is 2.29 bits per heavy atom. The second-order valence-electron chi connectivity index (χ2n) is 5.54. The highest BCUT2D eigenvalue weighted by Gasteiger charge is 2.29. The maximum atomic E-state index is 10.2. The minimum Gasteiger partial charge on any atom is -0.390 e. The summed E-state index contributed by atoms with van der Waals surface area (Å²) in [6.07, 6.45) is 2.31. The van der Waals surface area contributed by atoms with E-state index in [1.807, 2.05) is 0 Å². The molecule has 1 N–H and O–H groups in total. The molecule has 0 amide bonds. The van der Waals surface area contributed by atoms with Crippen molar-refractivity contribution in [2.75, 3.05) is 39.4 Å². The number of morpholine rings is 1. The molecular formula is C13H26N2O2. The number of aliphatic hydroxyl groups excluding tert-OH is 1. The molecule has 3 unspecified atom stereocenters. The first-order valence-corrected chi connectivity index (χ1v) is 6.90. The molecular weight excluding hydrogens is 216 g/mol. The van der Waals surface area contributed by atoms with Crippen molar-refractivity contribution >= 4 is 0 Å². The SMILES string of the molecule is CC1CCC(C)N1CC(O)CN1CCOCC1. The lowest BCUT2D eigenvalue weighted by molar-refractivity contribution is 0.00352. The number of rotatable bonds is 4. The van der Waals surface area contributed by atoms with Gasteiger partial charge in [0.2, 0.25) is 0 Å². The van der Waals surface area contributed by atoms with E-state index in [1.165, 1.54) is 12.8 Å². The third-order valence-electron chi connectivity index (χ3n) is 4.13.